The fourth-order valence-corrected chi connectivity index (χ4v) is 1.69. The van der Waals surface area contributed by atoms with Gasteiger partial charge in [0.15, 0.2) is 0 Å². The predicted octanol–water partition coefficient (Wildman–Crippen LogP) is 3.37. The molecule has 0 spiro atoms. The van der Waals surface area contributed by atoms with Gasteiger partial charge in [-0.1, -0.05) is 33.6 Å². The summed E-state index contributed by atoms with van der Waals surface area (Å²) in [5, 5.41) is 0. The lowest BCUT2D eigenvalue weighted by molar-refractivity contribution is 0.234. The van der Waals surface area contributed by atoms with Gasteiger partial charge in [-0.2, -0.15) is 0 Å². The fraction of sp³-hybridized carbons (Fsp3) is 1.00. The first-order chi connectivity index (χ1) is 6.28. The van der Waals surface area contributed by atoms with Crippen LogP contribution in [0.15, 0.2) is 0 Å². The zero-order valence-electron chi connectivity index (χ0n) is 9.35. The van der Waals surface area contributed by atoms with E-state index in [1.165, 1.54) is 19.4 Å². The highest BCUT2D eigenvalue weighted by atomic mass is 35.5. The van der Waals surface area contributed by atoms with Gasteiger partial charge in [0.05, 0.1) is 0 Å². The fourth-order valence-electron chi connectivity index (χ4n) is 1.57. The highest BCUT2D eigenvalue weighted by Crippen LogP contribution is 2.10. The van der Waals surface area contributed by atoms with E-state index in [0.717, 1.165) is 31.3 Å². The SMILES string of the molecule is CCC(CC)CN(CC)CCCCl. The Morgan fingerprint density at radius 3 is 2.15 bits per heavy atom. The van der Waals surface area contributed by atoms with Crippen LogP contribution >= 0.6 is 11.6 Å². The second kappa shape index (κ2) is 8.83. The molecule has 13 heavy (non-hydrogen) atoms. The molecule has 0 aromatic heterocycles. The molecule has 0 atom stereocenters. The monoisotopic (exact) mass is 205 g/mol. The molecule has 0 aromatic rings. The number of rotatable bonds is 8. The summed E-state index contributed by atoms with van der Waals surface area (Å²) in [5.74, 6) is 1.66. The molecule has 0 saturated heterocycles. The normalized spacial score (nSPS) is 11.5. The molecule has 0 unspecified atom stereocenters. The molecule has 0 N–H and O–H groups in total. The van der Waals surface area contributed by atoms with E-state index in [-0.39, 0.29) is 0 Å². The third-order valence-corrected chi connectivity index (χ3v) is 2.99. The average Bonchev–Trinajstić information content (AvgIpc) is 2.19. The Morgan fingerprint density at radius 2 is 1.77 bits per heavy atom. The van der Waals surface area contributed by atoms with E-state index in [1.807, 2.05) is 0 Å². The lowest BCUT2D eigenvalue weighted by Crippen LogP contribution is -2.30. The molecule has 0 aliphatic rings. The van der Waals surface area contributed by atoms with Crippen LogP contribution in [0.25, 0.3) is 0 Å². The minimum Gasteiger partial charge on any atom is -0.303 e. The van der Waals surface area contributed by atoms with Crippen molar-refractivity contribution in [2.75, 3.05) is 25.5 Å². The van der Waals surface area contributed by atoms with E-state index in [2.05, 4.69) is 25.7 Å². The first kappa shape index (κ1) is 13.2. The zero-order valence-corrected chi connectivity index (χ0v) is 10.1. The molecule has 0 rings (SSSR count). The molecular weight excluding hydrogens is 182 g/mol. The van der Waals surface area contributed by atoms with Gasteiger partial charge in [-0.05, 0) is 25.4 Å². The smallest absolute Gasteiger partial charge is 0.0235 e. The van der Waals surface area contributed by atoms with Crippen molar-refractivity contribution in [3.63, 3.8) is 0 Å². The summed E-state index contributed by atoms with van der Waals surface area (Å²) in [6.45, 7) is 10.4. The Balaban J connectivity index is 3.67. The Hall–Kier alpha value is 0.250. The molecule has 0 aliphatic heterocycles. The minimum atomic E-state index is 0.791. The van der Waals surface area contributed by atoms with Gasteiger partial charge in [-0.15, -0.1) is 11.6 Å². The van der Waals surface area contributed by atoms with Crippen molar-refractivity contribution in [2.45, 2.75) is 40.0 Å². The number of alkyl halides is 1. The third kappa shape index (κ3) is 6.34. The summed E-state index contributed by atoms with van der Waals surface area (Å²) in [4.78, 5) is 2.51. The molecule has 0 bridgehead atoms. The Kier molecular flexibility index (Phi) is 9.00. The van der Waals surface area contributed by atoms with Crippen molar-refractivity contribution in [1.82, 2.24) is 4.90 Å². The van der Waals surface area contributed by atoms with Crippen LogP contribution in [0, 0.1) is 5.92 Å². The van der Waals surface area contributed by atoms with Gasteiger partial charge in [0.2, 0.25) is 0 Å². The molecule has 80 valence electrons. The van der Waals surface area contributed by atoms with E-state index < -0.39 is 0 Å². The maximum absolute atomic E-state index is 5.68. The number of hydrogen-bond donors (Lipinski definition) is 0. The second-order valence-corrected chi connectivity index (χ2v) is 4.00. The number of hydrogen-bond acceptors (Lipinski definition) is 1. The molecule has 0 aliphatic carbocycles. The first-order valence-corrected chi connectivity index (χ1v) is 6.10. The van der Waals surface area contributed by atoms with Crippen LogP contribution in [0.4, 0.5) is 0 Å². The van der Waals surface area contributed by atoms with Crippen molar-refractivity contribution >= 4 is 11.6 Å². The number of nitrogens with zero attached hydrogens (tertiary/aromatic N) is 1. The van der Waals surface area contributed by atoms with Gasteiger partial charge in [-0.3, -0.25) is 0 Å². The molecule has 0 aromatic carbocycles. The van der Waals surface area contributed by atoms with Crippen LogP contribution in [0.1, 0.15) is 40.0 Å². The zero-order chi connectivity index (χ0) is 10.1. The van der Waals surface area contributed by atoms with Gasteiger partial charge in [0, 0.05) is 12.4 Å². The number of halogens is 1. The van der Waals surface area contributed by atoms with E-state index in [0.29, 0.717) is 0 Å². The van der Waals surface area contributed by atoms with Crippen molar-refractivity contribution in [1.29, 1.82) is 0 Å². The van der Waals surface area contributed by atoms with E-state index >= 15 is 0 Å². The summed E-state index contributed by atoms with van der Waals surface area (Å²) in [7, 11) is 0. The first-order valence-electron chi connectivity index (χ1n) is 5.56. The summed E-state index contributed by atoms with van der Waals surface area (Å²) in [6, 6.07) is 0. The summed E-state index contributed by atoms with van der Waals surface area (Å²) >= 11 is 5.68. The van der Waals surface area contributed by atoms with E-state index in [4.69, 9.17) is 11.6 Å². The van der Waals surface area contributed by atoms with Gasteiger partial charge in [0.1, 0.15) is 0 Å². The predicted molar refractivity (Wildman–Crippen MR) is 61.5 cm³/mol. The van der Waals surface area contributed by atoms with E-state index in [1.54, 1.807) is 0 Å². The van der Waals surface area contributed by atoms with Crippen LogP contribution in [-0.2, 0) is 0 Å². The van der Waals surface area contributed by atoms with Crippen LogP contribution < -0.4 is 0 Å². The van der Waals surface area contributed by atoms with Gasteiger partial charge in [0.25, 0.3) is 0 Å². The van der Waals surface area contributed by atoms with Gasteiger partial charge < -0.3 is 4.90 Å². The van der Waals surface area contributed by atoms with Gasteiger partial charge >= 0.3 is 0 Å². The molecule has 0 radical (unpaired) electrons. The second-order valence-electron chi connectivity index (χ2n) is 3.62. The highest BCUT2D eigenvalue weighted by molar-refractivity contribution is 6.17. The highest BCUT2D eigenvalue weighted by Gasteiger charge is 2.08. The Morgan fingerprint density at radius 1 is 1.15 bits per heavy atom. The molecular formula is C11H24ClN. The Labute approximate surface area is 88.5 Å². The van der Waals surface area contributed by atoms with Crippen molar-refractivity contribution in [3.8, 4) is 0 Å². The van der Waals surface area contributed by atoms with Crippen LogP contribution in [0.2, 0.25) is 0 Å². The lowest BCUT2D eigenvalue weighted by Gasteiger charge is -2.24. The minimum absolute atomic E-state index is 0.791. The topological polar surface area (TPSA) is 3.24 Å². The molecule has 0 fully saturated rings. The largest absolute Gasteiger partial charge is 0.303 e. The maximum atomic E-state index is 5.68. The molecule has 2 heteroatoms. The van der Waals surface area contributed by atoms with Crippen molar-refractivity contribution < 1.29 is 0 Å². The molecule has 0 amide bonds. The molecule has 0 heterocycles. The lowest BCUT2D eigenvalue weighted by atomic mass is 10.0. The summed E-state index contributed by atoms with van der Waals surface area (Å²) in [6.07, 6.45) is 3.72. The van der Waals surface area contributed by atoms with E-state index in [9.17, 15) is 0 Å². The quantitative estimate of drug-likeness (QED) is 0.550. The summed E-state index contributed by atoms with van der Waals surface area (Å²) < 4.78 is 0. The van der Waals surface area contributed by atoms with Crippen molar-refractivity contribution in [2.24, 2.45) is 5.92 Å². The summed E-state index contributed by atoms with van der Waals surface area (Å²) in [5.41, 5.74) is 0. The standard InChI is InChI=1S/C11H24ClN/c1-4-11(5-2)10-13(6-3)9-7-8-12/h11H,4-10H2,1-3H3. The Bertz CT molecular complexity index is 102. The van der Waals surface area contributed by atoms with Crippen LogP contribution in [-0.4, -0.2) is 30.4 Å². The average molecular weight is 206 g/mol. The molecule has 0 saturated carbocycles. The third-order valence-electron chi connectivity index (χ3n) is 2.73. The van der Waals surface area contributed by atoms with Crippen LogP contribution in [0.5, 0.6) is 0 Å². The van der Waals surface area contributed by atoms with Gasteiger partial charge in [-0.25, -0.2) is 0 Å². The van der Waals surface area contributed by atoms with Crippen LogP contribution in [0.3, 0.4) is 0 Å². The molecule has 1 nitrogen and oxygen atoms in total. The maximum Gasteiger partial charge on any atom is 0.0235 e. The van der Waals surface area contributed by atoms with Crippen molar-refractivity contribution in [3.05, 3.63) is 0 Å².